The summed E-state index contributed by atoms with van der Waals surface area (Å²) in [6.07, 6.45) is 3.23. The van der Waals surface area contributed by atoms with Crippen molar-refractivity contribution in [1.82, 2.24) is 5.32 Å². The summed E-state index contributed by atoms with van der Waals surface area (Å²) in [6.45, 7) is 5.93. The van der Waals surface area contributed by atoms with Crippen LogP contribution in [0.4, 0.5) is 4.39 Å². The van der Waals surface area contributed by atoms with Crippen molar-refractivity contribution < 1.29 is 9.13 Å². The molecule has 3 atom stereocenters. The first-order chi connectivity index (χ1) is 9.67. The van der Waals surface area contributed by atoms with Gasteiger partial charge in [0.2, 0.25) is 0 Å². The second-order valence-electron chi connectivity index (χ2n) is 5.37. The van der Waals surface area contributed by atoms with E-state index in [0.717, 1.165) is 38.0 Å². The molecule has 3 unspecified atom stereocenters. The fraction of sp³-hybridized carbons (Fsp3) is 0.625. The number of benzene rings is 1. The molecule has 1 saturated heterocycles. The first-order valence-electron chi connectivity index (χ1n) is 7.47. The van der Waals surface area contributed by atoms with Crippen LogP contribution < -0.4 is 5.32 Å². The summed E-state index contributed by atoms with van der Waals surface area (Å²) in [7, 11) is 0. The molecule has 0 spiro atoms. The van der Waals surface area contributed by atoms with Gasteiger partial charge in [-0.15, -0.1) is 0 Å². The quantitative estimate of drug-likeness (QED) is 0.844. The molecule has 4 heteroatoms. The monoisotopic (exact) mass is 299 g/mol. The van der Waals surface area contributed by atoms with Gasteiger partial charge < -0.3 is 10.1 Å². The van der Waals surface area contributed by atoms with Crippen LogP contribution in [0.5, 0.6) is 0 Å². The zero-order valence-electron chi connectivity index (χ0n) is 12.2. The third kappa shape index (κ3) is 3.51. The molecule has 0 aromatic heterocycles. The Labute approximate surface area is 125 Å². The number of hydrogen-bond acceptors (Lipinski definition) is 2. The van der Waals surface area contributed by atoms with Gasteiger partial charge in [0, 0.05) is 23.6 Å². The van der Waals surface area contributed by atoms with Crippen LogP contribution in [0.2, 0.25) is 5.02 Å². The van der Waals surface area contributed by atoms with Crippen molar-refractivity contribution >= 4 is 11.6 Å². The Hall–Kier alpha value is -0.640. The minimum Gasteiger partial charge on any atom is -0.378 e. The van der Waals surface area contributed by atoms with E-state index in [-0.39, 0.29) is 18.0 Å². The van der Waals surface area contributed by atoms with Crippen molar-refractivity contribution in [3.05, 3.63) is 34.6 Å². The maximum absolute atomic E-state index is 13.6. The van der Waals surface area contributed by atoms with E-state index in [1.165, 1.54) is 6.07 Å². The highest BCUT2D eigenvalue weighted by Crippen LogP contribution is 2.37. The fourth-order valence-corrected chi connectivity index (χ4v) is 3.25. The lowest BCUT2D eigenvalue weighted by Crippen LogP contribution is -2.33. The van der Waals surface area contributed by atoms with Crippen LogP contribution in [0.25, 0.3) is 0 Å². The van der Waals surface area contributed by atoms with Crippen LogP contribution in [0, 0.1) is 11.7 Å². The van der Waals surface area contributed by atoms with Crippen molar-refractivity contribution in [2.24, 2.45) is 5.92 Å². The lowest BCUT2D eigenvalue weighted by molar-refractivity contribution is 0.0774. The number of hydrogen-bond donors (Lipinski definition) is 1. The zero-order valence-corrected chi connectivity index (χ0v) is 12.9. The van der Waals surface area contributed by atoms with Crippen LogP contribution >= 0.6 is 11.6 Å². The number of halogens is 2. The van der Waals surface area contributed by atoms with Gasteiger partial charge in [0.25, 0.3) is 0 Å². The zero-order chi connectivity index (χ0) is 14.5. The molecular formula is C16H23ClFNO. The van der Waals surface area contributed by atoms with E-state index in [1.54, 1.807) is 12.1 Å². The highest BCUT2D eigenvalue weighted by atomic mass is 35.5. The molecule has 0 amide bonds. The first kappa shape index (κ1) is 15.7. The molecule has 0 bridgehead atoms. The van der Waals surface area contributed by atoms with Gasteiger partial charge >= 0.3 is 0 Å². The molecule has 20 heavy (non-hydrogen) atoms. The Bertz CT molecular complexity index is 440. The molecular weight excluding hydrogens is 277 g/mol. The highest BCUT2D eigenvalue weighted by Gasteiger charge is 2.35. The van der Waals surface area contributed by atoms with Crippen LogP contribution in [0.3, 0.4) is 0 Å². The van der Waals surface area contributed by atoms with E-state index in [0.29, 0.717) is 10.9 Å². The normalized spacial score (nSPS) is 24.0. The molecule has 1 aromatic rings. The van der Waals surface area contributed by atoms with Crippen LogP contribution in [0.15, 0.2) is 18.2 Å². The lowest BCUT2D eigenvalue weighted by atomic mass is 9.86. The Kier molecular flexibility index (Phi) is 5.82. The van der Waals surface area contributed by atoms with Crippen molar-refractivity contribution in [2.75, 3.05) is 13.2 Å². The van der Waals surface area contributed by atoms with Gasteiger partial charge in [0.05, 0.1) is 6.10 Å². The predicted molar refractivity (Wildman–Crippen MR) is 80.6 cm³/mol. The third-order valence-electron chi connectivity index (χ3n) is 4.00. The average Bonchev–Trinajstić information content (AvgIpc) is 2.91. The van der Waals surface area contributed by atoms with Gasteiger partial charge in [-0.05, 0) is 49.6 Å². The maximum atomic E-state index is 13.6. The Morgan fingerprint density at radius 3 is 2.95 bits per heavy atom. The second-order valence-corrected chi connectivity index (χ2v) is 5.77. The van der Waals surface area contributed by atoms with Crippen molar-refractivity contribution in [2.45, 2.75) is 45.3 Å². The van der Waals surface area contributed by atoms with E-state index in [4.69, 9.17) is 16.3 Å². The second kappa shape index (κ2) is 7.39. The molecule has 1 N–H and O–H groups in total. The summed E-state index contributed by atoms with van der Waals surface area (Å²) < 4.78 is 19.4. The molecule has 1 aliphatic rings. The predicted octanol–water partition coefficient (Wildman–Crippen LogP) is 4.33. The molecule has 1 fully saturated rings. The Balaban J connectivity index is 2.28. The minimum atomic E-state index is -0.236. The van der Waals surface area contributed by atoms with Crippen LogP contribution in [-0.2, 0) is 4.74 Å². The Morgan fingerprint density at radius 2 is 2.25 bits per heavy atom. The molecule has 1 aromatic carbocycles. The van der Waals surface area contributed by atoms with E-state index in [1.807, 2.05) is 0 Å². The van der Waals surface area contributed by atoms with Gasteiger partial charge in [0.1, 0.15) is 5.82 Å². The molecule has 1 heterocycles. The van der Waals surface area contributed by atoms with E-state index in [9.17, 15) is 4.39 Å². The average molecular weight is 300 g/mol. The summed E-state index contributed by atoms with van der Waals surface area (Å²) in [5, 5.41) is 4.16. The molecule has 2 rings (SSSR count). The summed E-state index contributed by atoms with van der Waals surface area (Å²) in [4.78, 5) is 0. The third-order valence-corrected chi connectivity index (χ3v) is 4.34. The number of nitrogens with one attached hydrogen (secondary N) is 1. The molecule has 2 nitrogen and oxygen atoms in total. The molecule has 0 saturated carbocycles. The summed E-state index contributed by atoms with van der Waals surface area (Å²) in [6, 6.07) is 4.67. The number of rotatable bonds is 6. The van der Waals surface area contributed by atoms with E-state index >= 15 is 0 Å². The topological polar surface area (TPSA) is 21.3 Å². The summed E-state index contributed by atoms with van der Waals surface area (Å²) >= 11 is 6.29. The van der Waals surface area contributed by atoms with Crippen molar-refractivity contribution in [3.63, 3.8) is 0 Å². The fourth-order valence-electron chi connectivity index (χ4n) is 3.01. The van der Waals surface area contributed by atoms with Crippen molar-refractivity contribution in [1.29, 1.82) is 0 Å². The van der Waals surface area contributed by atoms with Gasteiger partial charge in [-0.3, -0.25) is 0 Å². The SMILES string of the molecule is CCCNC(c1cc(F)ccc1Cl)C1CCOC1CC. The number of ether oxygens (including phenoxy) is 1. The summed E-state index contributed by atoms with van der Waals surface area (Å²) in [5.74, 6) is 0.116. The van der Waals surface area contributed by atoms with Gasteiger partial charge in [-0.1, -0.05) is 25.4 Å². The summed E-state index contributed by atoms with van der Waals surface area (Å²) in [5.41, 5.74) is 0.856. The molecule has 0 radical (unpaired) electrons. The molecule has 112 valence electrons. The van der Waals surface area contributed by atoms with Crippen LogP contribution in [0.1, 0.15) is 44.7 Å². The maximum Gasteiger partial charge on any atom is 0.123 e. The standard InChI is InChI=1S/C16H23ClFNO/c1-3-8-19-16(12-7-9-20-15(12)4-2)13-10-11(18)5-6-14(13)17/h5-6,10,12,15-16,19H,3-4,7-9H2,1-2H3. The van der Waals surface area contributed by atoms with Gasteiger partial charge in [-0.25, -0.2) is 4.39 Å². The molecule has 0 aliphatic carbocycles. The van der Waals surface area contributed by atoms with Crippen LogP contribution in [-0.4, -0.2) is 19.3 Å². The van der Waals surface area contributed by atoms with Gasteiger partial charge in [0.15, 0.2) is 0 Å². The lowest BCUT2D eigenvalue weighted by Gasteiger charge is -2.29. The van der Waals surface area contributed by atoms with Crippen molar-refractivity contribution in [3.8, 4) is 0 Å². The Morgan fingerprint density at radius 1 is 1.45 bits per heavy atom. The highest BCUT2D eigenvalue weighted by molar-refractivity contribution is 6.31. The van der Waals surface area contributed by atoms with E-state index in [2.05, 4.69) is 19.2 Å². The van der Waals surface area contributed by atoms with Gasteiger partial charge in [-0.2, -0.15) is 0 Å². The first-order valence-corrected chi connectivity index (χ1v) is 7.85. The molecule has 1 aliphatic heterocycles. The van der Waals surface area contributed by atoms with E-state index < -0.39 is 0 Å². The smallest absolute Gasteiger partial charge is 0.123 e. The minimum absolute atomic E-state index is 0.0607. The largest absolute Gasteiger partial charge is 0.378 e.